The van der Waals surface area contributed by atoms with Crippen LogP contribution in [0.25, 0.3) is 11.0 Å². The molecular weight excluding hydrogens is 505 g/mol. The molecule has 1 saturated heterocycles. The highest BCUT2D eigenvalue weighted by molar-refractivity contribution is 6.04. The van der Waals surface area contributed by atoms with E-state index in [2.05, 4.69) is 10.3 Å². The zero-order chi connectivity index (χ0) is 27.9. The van der Waals surface area contributed by atoms with Crippen LogP contribution in [0.1, 0.15) is 55.6 Å². The average molecular weight is 535 g/mol. The van der Waals surface area contributed by atoms with Gasteiger partial charge in [-0.1, -0.05) is 19.9 Å². The summed E-state index contributed by atoms with van der Waals surface area (Å²) in [6, 6.07) is 8.91. The van der Waals surface area contributed by atoms with Crippen LogP contribution in [-0.4, -0.2) is 47.8 Å². The minimum Gasteiger partial charge on any atom is -0.468 e. The van der Waals surface area contributed by atoms with Gasteiger partial charge in [0.2, 0.25) is 5.95 Å². The number of aromatic nitrogens is 2. The first-order valence-electron chi connectivity index (χ1n) is 12.2. The van der Waals surface area contributed by atoms with Gasteiger partial charge in [0.15, 0.2) is 0 Å². The molecule has 2 aromatic carbocycles. The number of nitrogens with zero attached hydrogens (tertiary/aromatic N) is 3. The van der Waals surface area contributed by atoms with Gasteiger partial charge in [-0.2, -0.15) is 13.2 Å². The third-order valence-electron chi connectivity index (χ3n) is 5.80. The van der Waals surface area contributed by atoms with E-state index >= 15 is 0 Å². The largest absolute Gasteiger partial charge is 0.468 e. The summed E-state index contributed by atoms with van der Waals surface area (Å²) in [6.07, 6.45) is -4.01. The number of carbonyl (C=O) groups is 3. The summed E-state index contributed by atoms with van der Waals surface area (Å²) in [5.74, 6) is -0.668. The third-order valence-corrected chi connectivity index (χ3v) is 5.80. The predicted octanol–water partition coefficient (Wildman–Crippen LogP) is 5.80. The molecule has 1 aliphatic rings. The van der Waals surface area contributed by atoms with Crippen LogP contribution in [0, 0.1) is 0 Å². The van der Waals surface area contributed by atoms with Crippen LogP contribution in [0.5, 0.6) is 0 Å². The van der Waals surface area contributed by atoms with Crippen molar-refractivity contribution in [3.05, 3.63) is 53.6 Å². The molecule has 4 rings (SSSR count). The van der Waals surface area contributed by atoms with E-state index in [1.807, 2.05) is 20.8 Å². The Morgan fingerprint density at radius 3 is 2.68 bits per heavy atom. The molecule has 1 aromatic heterocycles. The third kappa shape index (κ3) is 6.42. The molecule has 2 amide bonds. The van der Waals surface area contributed by atoms with E-state index < -0.39 is 23.7 Å². The second-order valence-electron chi connectivity index (χ2n) is 8.24. The summed E-state index contributed by atoms with van der Waals surface area (Å²) in [6.45, 7) is 7.09. The second-order valence-corrected chi connectivity index (χ2v) is 8.24. The number of ether oxygens (including phenoxy) is 2. The van der Waals surface area contributed by atoms with Crippen molar-refractivity contribution >= 4 is 41.1 Å². The maximum atomic E-state index is 13.1. The van der Waals surface area contributed by atoms with E-state index in [0.717, 1.165) is 18.2 Å². The first kappa shape index (κ1) is 28.5. The number of fused-ring (bicyclic) bond motifs is 1. The first-order valence-corrected chi connectivity index (χ1v) is 12.2. The lowest BCUT2D eigenvalue weighted by Gasteiger charge is -2.26. The van der Waals surface area contributed by atoms with Crippen molar-refractivity contribution in [2.75, 3.05) is 30.0 Å². The van der Waals surface area contributed by atoms with Gasteiger partial charge in [-0.15, -0.1) is 0 Å². The highest BCUT2D eigenvalue weighted by Gasteiger charge is 2.31. The Kier molecular flexibility index (Phi) is 9.32. The zero-order valence-corrected chi connectivity index (χ0v) is 21.2. The Morgan fingerprint density at radius 2 is 2.00 bits per heavy atom. The van der Waals surface area contributed by atoms with Crippen molar-refractivity contribution in [2.45, 2.75) is 45.8 Å². The molecule has 1 aliphatic heterocycles. The van der Waals surface area contributed by atoms with Gasteiger partial charge in [0.05, 0.1) is 29.8 Å². The van der Waals surface area contributed by atoms with Crippen LogP contribution in [0.2, 0.25) is 0 Å². The van der Waals surface area contributed by atoms with Gasteiger partial charge < -0.3 is 14.0 Å². The highest BCUT2D eigenvalue weighted by Crippen LogP contribution is 2.32. The van der Waals surface area contributed by atoms with Gasteiger partial charge in [0.1, 0.15) is 0 Å². The van der Waals surface area contributed by atoms with Crippen LogP contribution < -0.4 is 10.2 Å². The number of rotatable bonds is 8. The number of cyclic esters (lactones) is 1. The number of halogens is 3. The number of nitrogens with one attached hydrogen (secondary N) is 1. The normalized spacial score (nSPS) is 14.3. The van der Waals surface area contributed by atoms with Gasteiger partial charge in [-0.25, -0.2) is 9.78 Å². The van der Waals surface area contributed by atoms with Gasteiger partial charge in [0, 0.05) is 30.3 Å². The molecule has 2 heterocycles. The topological polar surface area (TPSA) is 103 Å². The van der Waals surface area contributed by atoms with E-state index in [0.29, 0.717) is 49.2 Å². The van der Waals surface area contributed by atoms with E-state index in [1.165, 1.54) is 11.0 Å². The Labute approximate surface area is 217 Å². The van der Waals surface area contributed by atoms with E-state index in [-0.39, 0.29) is 24.2 Å². The van der Waals surface area contributed by atoms with Crippen LogP contribution in [0.4, 0.5) is 29.6 Å². The summed E-state index contributed by atoms with van der Waals surface area (Å²) >= 11 is 0. The lowest BCUT2D eigenvalue weighted by Crippen LogP contribution is -2.37. The van der Waals surface area contributed by atoms with Crippen molar-refractivity contribution in [3.63, 3.8) is 0 Å². The molecule has 0 spiro atoms. The number of benzene rings is 2. The fourth-order valence-corrected chi connectivity index (χ4v) is 4.00. The number of anilines is 2. The number of imidazole rings is 1. The first-order chi connectivity index (χ1) is 18.2. The average Bonchev–Trinajstić information content (AvgIpc) is 3.26. The van der Waals surface area contributed by atoms with Crippen molar-refractivity contribution in [3.8, 4) is 0 Å². The Bertz CT molecular complexity index is 1290. The van der Waals surface area contributed by atoms with Crippen LogP contribution >= 0.6 is 0 Å². The van der Waals surface area contributed by atoms with Gasteiger partial charge >= 0.3 is 12.3 Å². The fourth-order valence-electron chi connectivity index (χ4n) is 4.00. The smallest absolute Gasteiger partial charge is 0.416 e. The number of alkyl halides is 3. The molecule has 204 valence electrons. The molecule has 0 saturated carbocycles. The van der Waals surface area contributed by atoms with Gasteiger partial charge in [-0.05, 0) is 49.7 Å². The molecule has 1 fully saturated rings. The molecular formula is C26H29F3N4O5. The van der Waals surface area contributed by atoms with E-state index in [1.54, 1.807) is 22.8 Å². The number of carbonyl (C=O) groups excluding carboxylic acids is 3. The van der Waals surface area contributed by atoms with Crippen LogP contribution in [0.3, 0.4) is 0 Å². The number of hydrogen-bond acceptors (Lipinski definition) is 6. The quantitative estimate of drug-likeness (QED) is 0.289. The van der Waals surface area contributed by atoms with Gasteiger partial charge in [0.25, 0.3) is 12.4 Å². The molecule has 1 atom stereocenters. The fraction of sp³-hybridized carbons (Fsp3) is 0.385. The maximum Gasteiger partial charge on any atom is 0.416 e. The molecule has 1 N–H and O–H groups in total. The minimum atomic E-state index is -4.59. The molecule has 0 radical (unpaired) electrons. The summed E-state index contributed by atoms with van der Waals surface area (Å²) in [5.41, 5.74) is 0.498. The summed E-state index contributed by atoms with van der Waals surface area (Å²) < 4.78 is 50.9. The van der Waals surface area contributed by atoms with Crippen LogP contribution in [-0.2, 0) is 20.4 Å². The monoisotopic (exact) mass is 534 g/mol. The lowest BCUT2D eigenvalue weighted by molar-refractivity contribution is -0.137. The summed E-state index contributed by atoms with van der Waals surface area (Å²) in [4.78, 5) is 41.6. The predicted molar refractivity (Wildman–Crippen MR) is 135 cm³/mol. The van der Waals surface area contributed by atoms with Crippen molar-refractivity contribution in [1.82, 2.24) is 9.55 Å². The minimum absolute atomic E-state index is 0.101. The Morgan fingerprint density at radius 1 is 1.24 bits per heavy atom. The van der Waals surface area contributed by atoms with Crippen molar-refractivity contribution < 1.29 is 37.0 Å². The molecule has 0 bridgehead atoms. The summed E-state index contributed by atoms with van der Waals surface area (Å²) in [7, 11) is 0. The molecule has 1 unspecified atom stereocenters. The summed E-state index contributed by atoms with van der Waals surface area (Å²) in [5, 5.41) is 2.60. The number of hydrogen-bond donors (Lipinski definition) is 1. The molecule has 12 heteroatoms. The second kappa shape index (κ2) is 12.4. The van der Waals surface area contributed by atoms with E-state index in [4.69, 9.17) is 9.47 Å². The SMILES string of the molecule is CC.CC(CCOC=O)n1c(NC(=O)c2cccc(C(F)(F)F)c2)nc2cc(N3CCCOC3=O)ccc21. The van der Waals surface area contributed by atoms with Crippen molar-refractivity contribution in [2.24, 2.45) is 0 Å². The molecule has 0 aliphatic carbocycles. The Balaban J connectivity index is 0.00000195. The maximum absolute atomic E-state index is 13.1. The standard InChI is InChI=1S/C24H23F3N4O5.C2H6/c1-15(8-11-35-14-32)31-20-7-6-18(30-9-3-10-36-23(30)34)13-19(20)28-22(31)29-21(33)16-4-2-5-17(12-16)24(25,26)27;1-2/h2,4-7,12-15H,3,8-11H2,1H3,(H,28,29,33);1-2H3. The van der Waals surface area contributed by atoms with Crippen molar-refractivity contribution in [1.29, 1.82) is 0 Å². The van der Waals surface area contributed by atoms with E-state index in [9.17, 15) is 27.6 Å². The van der Waals surface area contributed by atoms with Crippen LogP contribution in [0.15, 0.2) is 42.5 Å². The zero-order valence-electron chi connectivity index (χ0n) is 21.2. The molecule has 9 nitrogen and oxygen atoms in total. The Hall–Kier alpha value is -4.09. The lowest BCUT2D eigenvalue weighted by atomic mass is 10.1. The molecule has 38 heavy (non-hydrogen) atoms. The molecule has 3 aromatic rings. The van der Waals surface area contributed by atoms with Gasteiger partial charge in [-0.3, -0.25) is 19.8 Å². The highest BCUT2D eigenvalue weighted by atomic mass is 19.4. The number of amides is 2.